The van der Waals surface area contributed by atoms with E-state index in [-0.39, 0.29) is 0 Å². The summed E-state index contributed by atoms with van der Waals surface area (Å²) in [5.41, 5.74) is 1.23. The molecule has 2 nitrogen and oxygen atoms in total. The van der Waals surface area contributed by atoms with Gasteiger partial charge in [0.1, 0.15) is 5.75 Å². The smallest absolute Gasteiger partial charge is 0.123 e. The van der Waals surface area contributed by atoms with E-state index in [2.05, 4.69) is 41.2 Å². The summed E-state index contributed by atoms with van der Waals surface area (Å²) < 4.78 is 6.53. The van der Waals surface area contributed by atoms with Crippen LogP contribution < -0.4 is 10.1 Å². The van der Waals surface area contributed by atoms with E-state index in [1.54, 1.807) is 7.11 Å². The van der Waals surface area contributed by atoms with E-state index in [0.29, 0.717) is 6.04 Å². The molecular formula is C16H24BrNO. The second kappa shape index (κ2) is 6.76. The van der Waals surface area contributed by atoms with Crippen LogP contribution in [0.4, 0.5) is 0 Å². The van der Waals surface area contributed by atoms with Crippen molar-refractivity contribution >= 4 is 15.9 Å². The Balaban J connectivity index is 1.97. The van der Waals surface area contributed by atoms with Gasteiger partial charge in [0, 0.05) is 22.6 Å². The van der Waals surface area contributed by atoms with Crippen molar-refractivity contribution < 1.29 is 4.74 Å². The maximum Gasteiger partial charge on any atom is 0.123 e. The first-order chi connectivity index (χ1) is 9.15. The summed E-state index contributed by atoms with van der Waals surface area (Å²) in [5.74, 6) is 2.64. The van der Waals surface area contributed by atoms with Gasteiger partial charge in [-0.15, -0.1) is 0 Å². The van der Waals surface area contributed by atoms with E-state index in [4.69, 9.17) is 4.74 Å². The van der Waals surface area contributed by atoms with Crippen LogP contribution in [0.3, 0.4) is 0 Å². The van der Waals surface area contributed by atoms with E-state index in [1.807, 2.05) is 12.1 Å². The molecule has 0 aliphatic heterocycles. The van der Waals surface area contributed by atoms with Crippen molar-refractivity contribution in [3.8, 4) is 5.75 Å². The predicted octanol–water partition coefficient (Wildman–Crippen LogP) is 4.37. The van der Waals surface area contributed by atoms with E-state index >= 15 is 0 Å². The number of methoxy groups -OCH3 is 1. The normalized spacial score (nSPS) is 26.6. The molecule has 1 aliphatic carbocycles. The summed E-state index contributed by atoms with van der Waals surface area (Å²) in [5, 5.41) is 3.71. The fourth-order valence-corrected chi connectivity index (χ4v) is 3.65. The zero-order chi connectivity index (χ0) is 13.8. The Labute approximate surface area is 125 Å². The lowest BCUT2D eigenvalue weighted by atomic mass is 9.93. The van der Waals surface area contributed by atoms with E-state index in [1.165, 1.54) is 24.8 Å². The van der Waals surface area contributed by atoms with Gasteiger partial charge in [-0.1, -0.05) is 36.2 Å². The highest BCUT2D eigenvalue weighted by Crippen LogP contribution is 2.34. The summed E-state index contributed by atoms with van der Waals surface area (Å²) in [4.78, 5) is 0. The van der Waals surface area contributed by atoms with Crippen molar-refractivity contribution in [2.75, 3.05) is 7.11 Å². The van der Waals surface area contributed by atoms with Gasteiger partial charge in [-0.25, -0.2) is 0 Å². The van der Waals surface area contributed by atoms with Gasteiger partial charge < -0.3 is 10.1 Å². The molecular weight excluding hydrogens is 302 g/mol. The van der Waals surface area contributed by atoms with Crippen LogP contribution in [0.25, 0.3) is 0 Å². The molecule has 3 heteroatoms. The van der Waals surface area contributed by atoms with Gasteiger partial charge in [0.25, 0.3) is 0 Å². The number of ether oxygens (including phenoxy) is 1. The average Bonchev–Trinajstić information content (AvgIpc) is 2.77. The number of halogens is 1. The Kier molecular flexibility index (Phi) is 5.28. The van der Waals surface area contributed by atoms with Crippen LogP contribution in [-0.2, 0) is 6.54 Å². The monoisotopic (exact) mass is 325 g/mol. The third-order valence-electron chi connectivity index (χ3n) is 4.55. The molecule has 0 spiro atoms. The largest absolute Gasteiger partial charge is 0.496 e. The van der Waals surface area contributed by atoms with Crippen LogP contribution in [-0.4, -0.2) is 13.2 Å². The minimum absolute atomic E-state index is 0.647. The standard InChI is InChI=1S/C16H24BrNO/c1-4-12-5-7-15(11(12)2)18-10-13-9-14(17)6-8-16(13)19-3/h6,8-9,11-12,15,18H,4-5,7,10H2,1-3H3. The molecule has 0 amide bonds. The highest BCUT2D eigenvalue weighted by Gasteiger charge is 2.30. The topological polar surface area (TPSA) is 21.3 Å². The van der Waals surface area contributed by atoms with E-state index in [9.17, 15) is 0 Å². The lowest BCUT2D eigenvalue weighted by molar-refractivity contribution is 0.341. The third-order valence-corrected chi connectivity index (χ3v) is 5.04. The first-order valence-corrected chi connectivity index (χ1v) is 8.00. The highest BCUT2D eigenvalue weighted by molar-refractivity contribution is 9.10. The molecule has 0 aromatic heterocycles. The number of rotatable bonds is 5. The molecule has 2 rings (SSSR count). The Morgan fingerprint density at radius 3 is 2.79 bits per heavy atom. The molecule has 0 saturated heterocycles. The maximum atomic E-state index is 5.42. The van der Waals surface area contributed by atoms with Crippen LogP contribution in [0.5, 0.6) is 5.75 Å². The number of nitrogens with one attached hydrogen (secondary N) is 1. The molecule has 3 unspecified atom stereocenters. The van der Waals surface area contributed by atoms with E-state index in [0.717, 1.165) is 28.6 Å². The van der Waals surface area contributed by atoms with Crippen LogP contribution in [0.2, 0.25) is 0 Å². The van der Waals surface area contributed by atoms with Crippen molar-refractivity contribution in [3.63, 3.8) is 0 Å². The average molecular weight is 326 g/mol. The van der Waals surface area contributed by atoms with Crippen LogP contribution >= 0.6 is 15.9 Å². The molecule has 0 radical (unpaired) electrons. The van der Waals surface area contributed by atoms with Crippen LogP contribution in [0.15, 0.2) is 22.7 Å². The van der Waals surface area contributed by atoms with Gasteiger partial charge in [0.2, 0.25) is 0 Å². The van der Waals surface area contributed by atoms with Gasteiger partial charge in [-0.3, -0.25) is 0 Å². The zero-order valence-corrected chi connectivity index (χ0v) is 13.7. The Morgan fingerprint density at radius 1 is 1.37 bits per heavy atom. The summed E-state index contributed by atoms with van der Waals surface area (Å²) in [7, 11) is 1.73. The molecule has 1 aromatic rings. The zero-order valence-electron chi connectivity index (χ0n) is 12.1. The lowest BCUT2D eigenvalue weighted by Gasteiger charge is -2.21. The Morgan fingerprint density at radius 2 is 2.16 bits per heavy atom. The van der Waals surface area contributed by atoms with Crippen LogP contribution in [0, 0.1) is 11.8 Å². The van der Waals surface area contributed by atoms with Gasteiger partial charge in [-0.2, -0.15) is 0 Å². The third kappa shape index (κ3) is 3.51. The Bertz CT molecular complexity index is 421. The second-order valence-corrected chi connectivity index (χ2v) is 6.46. The van der Waals surface area contributed by atoms with Crippen molar-refractivity contribution in [2.24, 2.45) is 11.8 Å². The van der Waals surface area contributed by atoms with Gasteiger partial charge in [-0.05, 0) is 42.9 Å². The summed E-state index contributed by atoms with van der Waals surface area (Å²) in [6.45, 7) is 5.58. The molecule has 1 aliphatic rings. The summed E-state index contributed by atoms with van der Waals surface area (Å²) in [6.07, 6.45) is 3.97. The minimum atomic E-state index is 0.647. The quantitative estimate of drug-likeness (QED) is 0.867. The number of benzene rings is 1. The van der Waals surface area contributed by atoms with Crippen molar-refractivity contribution in [1.82, 2.24) is 5.32 Å². The summed E-state index contributed by atoms with van der Waals surface area (Å²) in [6, 6.07) is 6.83. The maximum absolute atomic E-state index is 5.42. The fourth-order valence-electron chi connectivity index (χ4n) is 3.24. The minimum Gasteiger partial charge on any atom is -0.496 e. The first kappa shape index (κ1) is 14.9. The Hall–Kier alpha value is -0.540. The fraction of sp³-hybridized carbons (Fsp3) is 0.625. The molecule has 0 bridgehead atoms. The second-order valence-electron chi connectivity index (χ2n) is 5.55. The lowest BCUT2D eigenvalue weighted by Crippen LogP contribution is -2.32. The summed E-state index contributed by atoms with van der Waals surface area (Å²) >= 11 is 3.53. The molecule has 1 N–H and O–H groups in total. The van der Waals surface area contributed by atoms with Crippen molar-refractivity contribution in [1.29, 1.82) is 0 Å². The molecule has 3 atom stereocenters. The highest BCUT2D eigenvalue weighted by atomic mass is 79.9. The molecule has 1 aromatic carbocycles. The molecule has 106 valence electrons. The van der Waals surface area contributed by atoms with Gasteiger partial charge in [0.05, 0.1) is 7.11 Å². The first-order valence-electron chi connectivity index (χ1n) is 7.21. The number of hydrogen-bond acceptors (Lipinski definition) is 2. The number of hydrogen-bond donors (Lipinski definition) is 1. The molecule has 1 fully saturated rings. The molecule has 1 saturated carbocycles. The SMILES string of the molecule is CCC1CCC(NCc2cc(Br)ccc2OC)C1C. The van der Waals surface area contributed by atoms with Crippen molar-refractivity contribution in [2.45, 2.75) is 45.7 Å². The predicted molar refractivity (Wildman–Crippen MR) is 83.5 cm³/mol. The molecule has 19 heavy (non-hydrogen) atoms. The van der Waals surface area contributed by atoms with Crippen LogP contribution in [0.1, 0.15) is 38.7 Å². The van der Waals surface area contributed by atoms with Gasteiger partial charge in [0.15, 0.2) is 0 Å². The van der Waals surface area contributed by atoms with Gasteiger partial charge >= 0.3 is 0 Å². The molecule has 0 heterocycles. The van der Waals surface area contributed by atoms with Crippen molar-refractivity contribution in [3.05, 3.63) is 28.2 Å². The van der Waals surface area contributed by atoms with E-state index < -0.39 is 0 Å².